The topological polar surface area (TPSA) is 123 Å². The summed E-state index contributed by atoms with van der Waals surface area (Å²) in [6.07, 6.45) is 4.59. The smallest absolute Gasteiger partial charge is 0.410 e. The zero-order valence-electron chi connectivity index (χ0n) is 26.1. The maximum Gasteiger partial charge on any atom is 0.410 e. The first-order valence-corrected chi connectivity index (χ1v) is 15.0. The average molecular weight is 608 g/mol. The van der Waals surface area contributed by atoms with Crippen molar-refractivity contribution in [2.45, 2.75) is 52.9 Å². The molecule has 6 rings (SSSR count). The van der Waals surface area contributed by atoms with Gasteiger partial charge in [0.15, 0.2) is 11.6 Å². The lowest BCUT2D eigenvalue weighted by atomic mass is 10.2. The molecular weight excluding hydrogens is 570 g/mol. The largest absolute Gasteiger partial charge is 0.489 e. The second kappa shape index (κ2) is 12.4. The van der Waals surface area contributed by atoms with Crippen molar-refractivity contribution < 1.29 is 14.3 Å². The number of hydrogen-bond acceptors (Lipinski definition) is 10. The Kier molecular flexibility index (Phi) is 8.20. The number of fused-ring (bicyclic) bond motifs is 1. The van der Waals surface area contributed by atoms with E-state index in [0.29, 0.717) is 55.3 Å². The van der Waals surface area contributed by atoms with Crippen LogP contribution >= 0.6 is 0 Å². The van der Waals surface area contributed by atoms with Crippen LogP contribution in [0.15, 0.2) is 73.2 Å². The van der Waals surface area contributed by atoms with Crippen LogP contribution in [0, 0.1) is 6.92 Å². The van der Waals surface area contributed by atoms with Gasteiger partial charge in [0, 0.05) is 55.6 Å². The predicted octanol–water partition coefficient (Wildman–Crippen LogP) is 5.68. The first-order chi connectivity index (χ1) is 21.6. The number of ether oxygens (including phenoxy) is 2. The molecule has 0 radical (unpaired) electrons. The van der Waals surface area contributed by atoms with E-state index in [0.717, 1.165) is 22.3 Å². The van der Waals surface area contributed by atoms with Crippen molar-refractivity contribution in [1.29, 1.82) is 0 Å². The summed E-state index contributed by atoms with van der Waals surface area (Å²) in [4.78, 5) is 34.8. The van der Waals surface area contributed by atoms with Crippen LogP contribution in [0.1, 0.15) is 39.1 Å². The van der Waals surface area contributed by atoms with E-state index in [2.05, 4.69) is 27.1 Å². The summed E-state index contributed by atoms with van der Waals surface area (Å²) in [7, 11) is 0. The van der Waals surface area contributed by atoms with Crippen LogP contribution in [0.4, 0.5) is 22.2 Å². The van der Waals surface area contributed by atoms with Gasteiger partial charge in [-0.3, -0.25) is 4.98 Å². The number of rotatable bonds is 7. The summed E-state index contributed by atoms with van der Waals surface area (Å²) in [5.41, 5.74) is 1.34. The van der Waals surface area contributed by atoms with E-state index in [-0.39, 0.29) is 12.1 Å². The molecule has 5 aromatic rings. The zero-order chi connectivity index (χ0) is 31.6. The maximum atomic E-state index is 12.7. The highest BCUT2D eigenvalue weighted by Crippen LogP contribution is 2.32. The van der Waals surface area contributed by atoms with E-state index in [9.17, 15) is 4.79 Å². The molecule has 12 heteroatoms. The Hall–Kier alpha value is -5.26. The molecule has 45 heavy (non-hydrogen) atoms. The highest BCUT2D eigenvalue weighted by atomic mass is 16.6. The first-order valence-electron chi connectivity index (χ1n) is 15.0. The molecule has 1 amide bonds. The lowest BCUT2D eigenvalue weighted by molar-refractivity contribution is 0.0218. The Morgan fingerprint density at radius 1 is 1.02 bits per heavy atom. The van der Waals surface area contributed by atoms with Crippen LogP contribution in [0.2, 0.25) is 0 Å². The second-order valence-electron chi connectivity index (χ2n) is 12.0. The van der Waals surface area contributed by atoms with E-state index < -0.39 is 5.60 Å². The molecular formula is C33H37N9O3. The number of aromatic nitrogens is 6. The highest BCUT2D eigenvalue weighted by molar-refractivity contribution is 5.93. The van der Waals surface area contributed by atoms with Gasteiger partial charge < -0.3 is 24.6 Å². The molecule has 0 unspecified atom stereocenters. The van der Waals surface area contributed by atoms with E-state index in [1.54, 1.807) is 28.2 Å². The van der Waals surface area contributed by atoms with Crippen molar-refractivity contribution in [3.63, 3.8) is 0 Å². The summed E-state index contributed by atoms with van der Waals surface area (Å²) >= 11 is 0. The summed E-state index contributed by atoms with van der Waals surface area (Å²) < 4.78 is 13.6. The van der Waals surface area contributed by atoms with Crippen LogP contribution in [-0.4, -0.2) is 72.0 Å². The van der Waals surface area contributed by atoms with Gasteiger partial charge in [-0.25, -0.2) is 24.4 Å². The van der Waals surface area contributed by atoms with Crippen molar-refractivity contribution in [1.82, 2.24) is 34.6 Å². The molecule has 1 aliphatic heterocycles. The molecule has 0 aliphatic carbocycles. The Morgan fingerprint density at radius 3 is 2.56 bits per heavy atom. The number of nitrogens with one attached hydrogen (secondary N) is 1. The monoisotopic (exact) mass is 607 g/mol. The minimum absolute atomic E-state index is 0.00894. The third-order valence-corrected chi connectivity index (χ3v) is 7.31. The van der Waals surface area contributed by atoms with Crippen LogP contribution in [0.25, 0.3) is 16.7 Å². The van der Waals surface area contributed by atoms with Gasteiger partial charge in [-0.2, -0.15) is 0 Å². The number of benzene rings is 2. The predicted molar refractivity (Wildman–Crippen MR) is 172 cm³/mol. The van der Waals surface area contributed by atoms with Gasteiger partial charge in [0.2, 0.25) is 0 Å². The van der Waals surface area contributed by atoms with Gasteiger partial charge in [-0.1, -0.05) is 30.3 Å². The Bertz CT molecular complexity index is 1790. The Labute approximate surface area is 262 Å². The molecule has 1 saturated heterocycles. The molecule has 1 atom stereocenters. The van der Waals surface area contributed by atoms with Gasteiger partial charge in [0.1, 0.15) is 35.4 Å². The van der Waals surface area contributed by atoms with E-state index in [1.807, 2.05) is 82.3 Å². The van der Waals surface area contributed by atoms with Crippen LogP contribution in [-0.2, 0) is 11.3 Å². The minimum Gasteiger partial charge on any atom is -0.489 e. The molecule has 1 fully saturated rings. The van der Waals surface area contributed by atoms with Gasteiger partial charge in [-0.15, -0.1) is 5.10 Å². The van der Waals surface area contributed by atoms with Gasteiger partial charge in [-0.05, 0) is 52.3 Å². The maximum absolute atomic E-state index is 12.7. The number of amides is 1. The van der Waals surface area contributed by atoms with Crippen molar-refractivity contribution in [2.24, 2.45) is 0 Å². The summed E-state index contributed by atoms with van der Waals surface area (Å²) in [5.74, 6) is 3.86. The summed E-state index contributed by atoms with van der Waals surface area (Å²) in [6.45, 7) is 11.7. The molecule has 3 aromatic heterocycles. The van der Waals surface area contributed by atoms with Crippen LogP contribution in [0.3, 0.4) is 0 Å². The SMILES string of the molecule is Cc1nc(N2CCN(C(=O)OC(C)(C)C)C[C@@H]2C)cc(-n2nc(Nc3cnccn3)c3ccc(OCc4ccccc4)cc32)n1. The lowest BCUT2D eigenvalue weighted by Gasteiger charge is -2.40. The standard InChI is InChI=1S/C33H37N9O3/c1-22-20-40(32(43)45-33(3,4)5)15-16-41(22)29-18-30(37-23(2)36-29)42-27-17-25(44-21-24-9-7-6-8-10-24)11-12-26(27)31(39-42)38-28-19-34-13-14-35-28/h6-14,17-19,22H,15-16,20-21H2,1-5H3,(H,35,38,39)/t22-/m0/s1. The molecule has 12 nitrogen and oxygen atoms in total. The fourth-order valence-corrected chi connectivity index (χ4v) is 5.26. The molecule has 0 spiro atoms. The second-order valence-corrected chi connectivity index (χ2v) is 12.0. The fraction of sp³-hybridized carbons (Fsp3) is 0.333. The zero-order valence-corrected chi connectivity index (χ0v) is 26.1. The fourth-order valence-electron chi connectivity index (χ4n) is 5.26. The number of anilines is 3. The lowest BCUT2D eigenvalue weighted by Crippen LogP contribution is -2.54. The van der Waals surface area contributed by atoms with E-state index in [1.165, 1.54) is 0 Å². The number of hydrogen-bond donors (Lipinski definition) is 1. The first kappa shape index (κ1) is 29.8. The van der Waals surface area contributed by atoms with Gasteiger partial charge >= 0.3 is 6.09 Å². The normalized spacial score (nSPS) is 15.3. The minimum atomic E-state index is -0.546. The quantitative estimate of drug-likeness (QED) is 0.247. The Morgan fingerprint density at radius 2 is 1.82 bits per heavy atom. The average Bonchev–Trinajstić information content (AvgIpc) is 3.37. The molecule has 1 aliphatic rings. The van der Waals surface area contributed by atoms with Crippen molar-refractivity contribution >= 4 is 34.4 Å². The number of nitrogens with zero attached hydrogens (tertiary/aromatic N) is 8. The van der Waals surface area contributed by atoms with Crippen molar-refractivity contribution in [2.75, 3.05) is 29.9 Å². The van der Waals surface area contributed by atoms with Crippen molar-refractivity contribution in [3.05, 3.63) is 84.6 Å². The molecule has 0 bridgehead atoms. The highest BCUT2D eigenvalue weighted by Gasteiger charge is 2.31. The third-order valence-electron chi connectivity index (χ3n) is 7.31. The molecule has 4 heterocycles. The number of carbonyl (C=O) groups excluding carboxylic acids is 1. The molecule has 232 valence electrons. The molecule has 2 aromatic carbocycles. The van der Waals surface area contributed by atoms with E-state index in [4.69, 9.17) is 24.5 Å². The van der Waals surface area contributed by atoms with E-state index >= 15 is 0 Å². The van der Waals surface area contributed by atoms with Crippen molar-refractivity contribution in [3.8, 4) is 11.6 Å². The van der Waals surface area contributed by atoms with Gasteiger partial charge in [0.25, 0.3) is 0 Å². The Balaban J connectivity index is 1.33. The van der Waals surface area contributed by atoms with Crippen LogP contribution < -0.4 is 15.0 Å². The van der Waals surface area contributed by atoms with Crippen LogP contribution in [0.5, 0.6) is 5.75 Å². The molecule has 0 saturated carbocycles. The molecule has 1 N–H and O–H groups in total. The van der Waals surface area contributed by atoms with Gasteiger partial charge in [0.05, 0.1) is 11.7 Å². The summed E-state index contributed by atoms with van der Waals surface area (Å²) in [6, 6.07) is 17.9. The number of carbonyl (C=O) groups is 1. The number of aryl methyl sites for hydroxylation is 1. The third kappa shape index (κ3) is 6.95. The summed E-state index contributed by atoms with van der Waals surface area (Å²) in [5, 5.41) is 9.10. The number of piperazine rings is 1.